The molecule has 2 rings (SSSR count). The number of phenols is 1. The molecule has 0 spiro atoms. The molecule has 0 amide bonds. The van der Waals surface area contributed by atoms with Crippen molar-refractivity contribution in [3.05, 3.63) is 28.0 Å². The van der Waals surface area contributed by atoms with Gasteiger partial charge in [-0.1, -0.05) is 0 Å². The van der Waals surface area contributed by atoms with E-state index in [1.807, 2.05) is 0 Å². The second-order valence-electron chi connectivity index (χ2n) is 3.47. The molecule has 1 aliphatic rings. The van der Waals surface area contributed by atoms with Crippen molar-refractivity contribution in [3.8, 4) is 5.75 Å². The Bertz CT molecular complexity index is 350. The lowest BCUT2D eigenvalue weighted by Crippen LogP contribution is -2.13. The summed E-state index contributed by atoms with van der Waals surface area (Å²) < 4.78 is 13.5. The summed E-state index contributed by atoms with van der Waals surface area (Å²) in [5, 5.41) is 12.9. The number of benzene rings is 1. The molecule has 1 fully saturated rings. The number of nitrogens with one attached hydrogen (secondary N) is 1. The second-order valence-corrected chi connectivity index (χ2v) is 4.33. The molecule has 0 radical (unpaired) electrons. The Morgan fingerprint density at radius 3 is 2.93 bits per heavy atom. The van der Waals surface area contributed by atoms with Crippen molar-refractivity contribution in [2.24, 2.45) is 0 Å². The zero-order valence-corrected chi connectivity index (χ0v) is 9.14. The van der Waals surface area contributed by atoms with Crippen LogP contribution in [0.15, 0.2) is 16.6 Å². The van der Waals surface area contributed by atoms with Crippen molar-refractivity contribution >= 4 is 15.9 Å². The molecular weight excluding hydrogens is 249 g/mol. The molecule has 2 N–H and O–H groups in total. The van der Waals surface area contributed by atoms with Gasteiger partial charge >= 0.3 is 0 Å². The number of aromatic hydroxyl groups is 1. The second kappa shape index (κ2) is 3.87. The van der Waals surface area contributed by atoms with E-state index >= 15 is 0 Å². The molecule has 1 heterocycles. The Morgan fingerprint density at radius 2 is 2.29 bits per heavy atom. The molecule has 1 saturated heterocycles. The van der Waals surface area contributed by atoms with E-state index in [0.717, 1.165) is 19.4 Å². The van der Waals surface area contributed by atoms with Crippen LogP contribution in [0.3, 0.4) is 0 Å². The molecule has 0 aromatic heterocycles. The van der Waals surface area contributed by atoms with Crippen molar-refractivity contribution in [2.75, 3.05) is 6.54 Å². The molecule has 14 heavy (non-hydrogen) atoms. The fourth-order valence-corrected chi connectivity index (χ4v) is 2.11. The average molecular weight is 260 g/mol. The van der Waals surface area contributed by atoms with Gasteiger partial charge in [0.05, 0.1) is 4.47 Å². The van der Waals surface area contributed by atoms with Crippen LogP contribution in [-0.4, -0.2) is 11.7 Å². The predicted molar refractivity (Wildman–Crippen MR) is 55.7 cm³/mol. The maximum atomic E-state index is 13.2. The third-order valence-corrected chi connectivity index (χ3v) is 3.11. The molecule has 1 atom stereocenters. The molecule has 1 aromatic rings. The monoisotopic (exact) mass is 259 g/mol. The van der Waals surface area contributed by atoms with Crippen LogP contribution in [0, 0.1) is 5.82 Å². The van der Waals surface area contributed by atoms with Crippen molar-refractivity contribution < 1.29 is 9.50 Å². The lowest BCUT2D eigenvalue weighted by Gasteiger charge is -2.13. The largest absolute Gasteiger partial charge is 0.508 e. The molecule has 0 bridgehead atoms. The first-order valence-corrected chi connectivity index (χ1v) is 5.39. The highest BCUT2D eigenvalue weighted by atomic mass is 79.9. The summed E-state index contributed by atoms with van der Waals surface area (Å²) in [5.74, 6) is -0.177. The predicted octanol–water partition coefficient (Wildman–Crippen LogP) is 2.72. The van der Waals surface area contributed by atoms with E-state index in [9.17, 15) is 9.50 Å². The van der Waals surface area contributed by atoms with Crippen LogP contribution in [-0.2, 0) is 0 Å². The van der Waals surface area contributed by atoms with E-state index in [1.54, 1.807) is 0 Å². The molecule has 1 aromatic carbocycles. The van der Waals surface area contributed by atoms with Crippen LogP contribution in [0.5, 0.6) is 5.75 Å². The Balaban J connectivity index is 2.37. The summed E-state index contributed by atoms with van der Waals surface area (Å²) in [6, 6.07) is 2.89. The third kappa shape index (κ3) is 1.77. The van der Waals surface area contributed by atoms with Crippen molar-refractivity contribution in [1.82, 2.24) is 5.32 Å². The summed E-state index contributed by atoms with van der Waals surface area (Å²) >= 11 is 3.03. The van der Waals surface area contributed by atoms with Crippen LogP contribution in [0.4, 0.5) is 4.39 Å². The minimum atomic E-state index is -0.327. The molecule has 1 unspecified atom stereocenters. The standard InChI is InChI=1S/C10H11BrFNO/c11-7-5-10(14)6(4-8(7)12)9-2-1-3-13-9/h4-5,9,13-14H,1-3H2. The van der Waals surface area contributed by atoms with Gasteiger partial charge in [0.25, 0.3) is 0 Å². The Hall–Kier alpha value is -0.610. The summed E-state index contributed by atoms with van der Waals surface area (Å²) in [4.78, 5) is 0. The summed E-state index contributed by atoms with van der Waals surface area (Å²) in [6.45, 7) is 0.932. The number of halogens is 2. The van der Waals surface area contributed by atoms with Gasteiger partial charge in [-0.15, -0.1) is 0 Å². The Labute approximate surface area is 90.3 Å². The van der Waals surface area contributed by atoms with Crippen LogP contribution in [0.2, 0.25) is 0 Å². The topological polar surface area (TPSA) is 32.3 Å². The van der Waals surface area contributed by atoms with Crippen molar-refractivity contribution in [3.63, 3.8) is 0 Å². The van der Waals surface area contributed by atoms with Gasteiger partial charge in [-0.2, -0.15) is 0 Å². The average Bonchev–Trinajstić information content (AvgIpc) is 2.64. The highest BCUT2D eigenvalue weighted by Gasteiger charge is 2.20. The quantitative estimate of drug-likeness (QED) is 0.813. The van der Waals surface area contributed by atoms with E-state index in [2.05, 4.69) is 21.2 Å². The first-order chi connectivity index (χ1) is 6.68. The zero-order valence-electron chi connectivity index (χ0n) is 7.56. The smallest absolute Gasteiger partial charge is 0.137 e. The van der Waals surface area contributed by atoms with E-state index in [0.29, 0.717) is 10.0 Å². The first-order valence-electron chi connectivity index (χ1n) is 4.60. The van der Waals surface area contributed by atoms with Gasteiger partial charge < -0.3 is 10.4 Å². The van der Waals surface area contributed by atoms with Crippen LogP contribution in [0.1, 0.15) is 24.4 Å². The minimum Gasteiger partial charge on any atom is -0.508 e. The van der Waals surface area contributed by atoms with Gasteiger partial charge in [0.2, 0.25) is 0 Å². The van der Waals surface area contributed by atoms with Crippen molar-refractivity contribution in [1.29, 1.82) is 0 Å². The maximum Gasteiger partial charge on any atom is 0.137 e. The number of phenolic OH excluding ortho intramolecular Hbond substituents is 1. The van der Waals surface area contributed by atoms with E-state index in [-0.39, 0.29) is 17.6 Å². The number of rotatable bonds is 1. The lowest BCUT2D eigenvalue weighted by atomic mass is 10.0. The summed E-state index contributed by atoms with van der Waals surface area (Å²) in [7, 11) is 0. The Kier molecular flexibility index (Phi) is 2.74. The number of hydrogen-bond donors (Lipinski definition) is 2. The maximum absolute atomic E-state index is 13.2. The van der Waals surface area contributed by atoms with Gasteiger partial charge in [-0.3, -0.25) is 0 Å². The fourth-order valence-electron chi connectivity index (χ4n) is 1.78. The molecule has 1 aliphatic heterocycles. The van der Waals surface area contributed by atoms with Crippen molar-refractivity contribution in [2.45, 2.75) is 18.9 Å². The molecule has 76 valence electrons. The SMILES string of the molecule is Oc1cc(Br)c(F)cc1C1CCCN1. The number of hydrogen-bond acceptors (Lipinski definition) is 2. The third-order valence-electron chi connectivity index (χ3n) is 2.51. The van der Waals surface area contributed by atoms with Crippen LogP contribution < -0.4 is 5.32 Å². The van der Waals surface area contributed by atoms with Gasteiger partial charge in [-0.05, 0) is 47.4 Å². The molecule has 0 saturated carbocycles. The first kappa shape index (κ1) is 9.93. The lowest BCUT2D eigenvalue weighted by molar-refractivity contribution is 0.453. The summed E-state index contributed by atoms with van der Waals surface area (Å²) in [5.41, 5.74) is 0.656. The van der Waals surface area contributed by atoms with Gasteiger partial charge in [0.15, 0.2) is 0 Å². The summed E-state index contributed by atoms with van der Waals surface area (Å²) in [6.07, 6.45) is 2.02. The fraction of sp³-hybridized carbons (Fsp3) is 0.400. The minimum absolute atomic E-state index is 0.0950. The van der Waals surface area contributed by atoms with Gasteiger partial charge in [0.1, 0.15) is 11.6 Å². The zero-order chi connectivity index (χ0) is 10.1. The van der Waals surface area contributed by atoms with Crippen LogP contribution >= 0.6 is 15.9 Å². The highest BCUT2D eigenvalue weighted by Crippen LogP contribution is 2.33. The highest BCUT2D eigenvalue weighted by molar-refractivity contribution is 9.10. The molecule has 4 heteroatoms. The van der Waals surface area contributed by atoms with Gasteiger partial charge in [0, 0.05) is 11.6 Å². The van der Waals surface area contributed by atoms with E-state index in [4.69, 9.17) is 0 Å². The van der Waals surface area contributed by atoms with Crippen LogP contribution in [0.25, 0.3) is 0 Å². The molecule has 0 aliphatic carbocycles. The molecule has 2 nitrogen and oxygen atoms in total. The van der Waals surface area contributed by atoms with E-state index < -0.39 is 0 Å². The normalized spacial score (nSPS) is 21.4. The van der Waals surface area contributed by atoms with E-state index in [1.165, 1.54) is 12.1 Å². The van der Waals surface area contributed by atoms with Gasteiger partial charge in [-0.25, -0.2) is 4.39 Å². The Morgan fingerprint density at radius 1 is 1.50 bits per heavy atom. The molecular formula is C10H11BrFNO.